The molecule has 0 aromatic rings. The van der Waals surface area contributed by atoms with Crippen LogP contribution >= 0.6 is 0 Å². The van der Waals surface area contributed by atoms with E-state index in [9.17, 15) is 0 Å². The average Bonchev–Trinajstić information content (AvgIpc) is 2.95. The van der Waals surface area contributed by atoms with Crippen LogP contribution < -0.4 is 0 Å². The molecule has 3 saturated heterocycles. The van der Waals surface area contributed by atoms with E-state index in [2.05, 4.69) is 6.58 Å². The Morgan fingerprint density at radius 3 is 2.72 bits per heavy atom. The Labute approximate surface area is 107 Å². The van der Waals surface area contributed by atoms with Crippen LogP contribution in [0.5, 0.6) is 0 Å². The predicted molar refractivity (Wildman–Crippen MR) is 62.9 cm³/mol. The van der Waals surface area contributed by atoms with Gasteiger partial charge in [0.15, 0.2) is 12.1 Å². The average molecular weight is 256 g/mol. The predicted octanol–water partition coefficient (Wildman–Crippen LogP) is 1.08. The first kappa shape index (κ1) is 12.6. The number of hydrogen-bond donors (Lipinski definition) is 0. The highest BCUT2D eigenvalue weighted by Crippen LogP contribution is 2.42. The molecule has 0 saturated carbocycles. The summed E-state index contributed by atoms with van der Waals surface area (Å²) in [4.78, 5) is 0. The molecular formula is C13H20O5. The maximum Gasteiger partial charge on any atom is 0.166 e. The number of ether oxygens (including phenoxy) is 5. The fourth-order valence-corrected chi connectivity index (χ4v) is 2.98. The fraction of sp³-hybridized carbons (Fsp3) is 0.846. The van der Waals surface area contributed by atoms with Crippen molar-refractivity contribution in [1.29, 1.82) is 0 Å². The second-order valence-electron chi connectivity index (χ2n) is 5.53. The molecule has 0 radical (unpaired) electrons. The van der Waals surface area contributed by atoms with Crippen LogP contribution in [0.2, 0.25) is 0 Å². The van der Waals surface area contributed by atoms with E-state index < -0.39 is 5.79 Å². The summed E-state index contributed by atoms with van der Waals surface area (Å²) in [6.45, 7) is 8.93. The Bertz CT molecular complexity index is 353. The van der Waals surface area contributed by atoms with E-state index in [-0.39, 0.29) is 30.5 Å². The zero-order chi connectivity index (χ0) is 12.9. The van der Waals surface area contributed by atoms with E-state index >= 15 is 0 Å². The van der Waals surface area contributed by atoms with E-state index in [1.165, 1.54) is 0 Å². The maximum atomic E-state index is 5.91. The lowest BCUT2D eigenvalue weighted by atomic mass is 9.94. The Morgan fingerprint density at radius 1 is 1.33 bits per heavy atom. The Hall–Kier alpha value is -0.460. The molecule has 3 aliphatic heterocycles. The molecule has 0 spiro atoms. The summed E-state index contributed by atoms with van der Waals surface area (Å²) in [7, 11) is 1.64. The van der Waals surface area contributed by atoms with Crippen molar-refractivity contribution in [3.05, 3.63) is 12.2 Å². The van der Waals surface area contributed by atoms with Crippen LogP contribution in [0.25, 0.3) is 0 Å². The van der Waals surface area contributed by atoms with Crippen LogP contribution in [0.15, 0.2) is 12.2 Å². The van der Waals surface area contributed by atoms with Gasteiger partial charge < -0.3 is 23.7 Å². The molecule has 3 rings (SSSR count). The van der Waals surface area contributed by atoms with E-state index in [4.69, 9.17) is 23.7 Å². The van der Waals surface area contributed by atoms with E-state index in [0.29, 0.717) is 13.2 Å². The molecule has 0 bridgehead atoms. The number of rotatable bonds is 2. The SMILES string of the molecule is C=C1CO[C@H]2[C@@H]([C@H]3COC(C)(C)O3)O[C@@H](OC)[C@@H]12. The molecule has 0 unspecified atom stereocenters. The monoisotopic (exact) mass is 256 g/mol. The van der Waals surface area contributed by atoms with Gasteiger partial charge in [0.25, 0.3) is 0 Å². The minimum absolute atomic E-state index is 0.0371. The van der Waals surface area contributed by atoms with Gasteiger partial charge in [0.05, 0.1) is 25.2 Å². The third kappa shape index (κ3) is 1.90. The van der Waals surface area contributed by atoms with E-state index in [1.54, 1.807) is 7.11 Å². The van der Waals surface area contributed by atoms with Crippen LogP contribution in [-0.2, 0) is 23.7 Å². The molecule has 18 heavy (non-hydrogen) atoms. The highest BCUT2D eigenvalue weighted by molar-refractivity contribution is 5.15. The molecule has 102 valence electrons. The van der Waals surface area contributed by atoms with E-state index in [1.807, 2.05) is 13.8 Å². The molecule has 0 amide bonds. The van der Waals surface area contributed by atoms with Crippen LogP contribution in [-0.4, -0.2) is 50.7 Å². The van der Waals surface area contributed by atoms with Crippen LogP contribution in [0, 0.1) is 5.92 Å². The summed E-state index contributed by atoms with van der Waals surface area (Å²) >= 11 is 0. The summed E-state index contributed by atoms with van der Waals surface area (Å²) in [5.41, 5.74) is 1.03. The van der Waals surface area contributed by atoms with Crippen LogP contribution in [0.3, 0.4) is 0 Å². The van der Waals surface area contributed by atoms with Crippen molar-refractivity contribution in [2.24, 2.45) is 5.92 Å². The molecule has 5 nitrogen and oxygen atoms in total. The third-order valence-electron chi connectivity index (χ3n) is 3.82. The number of hydrogen-bond acceptors (Lipinski definition) is 5. The van der Waals surface area contributed by atoms with Gasteiger partial charge in [0.1, 0.15) is 12.2 Å². The van der Waals surface area contributed by atoms with Crippen molar-refractivity contribution >= 4 is 0 Å². The summed E-state index contributed by atoms with van der Waals surface area (Å²) < 4.78 is 28.5. The highest BCUT2D eigenvalue weighted by atomic mass is 16.8. The lowest BCUT2D eigenvalue weighted by Gasteiger charge is -2.23. The minimum atomic E-state index is -0.551. The van der Waals surface area contributed by atoms with Gasteiger partial charge in [-0.05, 0) is 19.4 Å². The Morgan fingerprint density at radius 2 is 2.11 bits per heavy atom. The quantitative estimate of drug-likeness (QED) is 0.692. The van der Waals surface area contributed by atoms with Crippen molar-refractivity contribution < 1.29 is 23.7 Å². The molecule has 0 aliphatic carbocycles. The van der Waals surface area contributed by atoms with Gasteiger partial charge in [-0.3, -0.25) is 0 Å². The fourth-order valence-electron chi connectivity index (χ4n) is 2.98. The number of methoxy groups -OCH3 is 1. The lowest BCUT2D eigenvalue weighted by molar-refractivity contribution is -0.185. The first-order chi connectivity index (χ1) is 8.52. The van der Waals surface area contributed by atoms with Gasteiger partial charge in [-0.25, -0.2) is 0 Å². The summed E-state index contributed by atoms with van der Waals surface area (Å²) in [5.74, 6) is -0.447. The van der Waals surface area contributed by atoms with Gasteiger partial charge in [-0.15, -0.1) is 0 Å². The zero-order valence-corrected chi connectivity index (χ0v) is 11.0. The maximum absolute atomic E-state index is 5.91. The molecule has 0 aromatic heterocycles. The first-order valence-electron chi connectivity index (χ1n) is 6.31. The van der Waals surface area contributed by atoms with Crippen LogP contribution in [0.4, 0.5) is 0 Å². The molecule has 5 heteroatoms. The molecule has 3 aliphatic rings. The highest BCUT2D eigenvalue weighted by Gasteiger charge is 2.55. The molecule has 0 aromatic carbocycles. The second-order valence-corrected chi connectivity index (χ2v) is 5.53. The van der Waals surface area contributed by atoms with Crippen LogP contribution in [0.1, 0.15) is 13.8 Å². The van der Waals surface area contributed by atoms with Crippen molar-refractivity contribution in [2.75, 3.05) is 20.3 Å². The van der Waals surface area contributed by atoms with E-state index in [0.717, 1.165) is 5.57 Å². The summed E-state index contributed by atoms with van der Waals surface area (Å²) in [6, 6.07) is 0. The zero-order valence-electron chi connectivity index (χ0n) is 11.0. The number of fused-ring (bicyclic) bond motifs is 1. The van der Waals surface area contributed by atoms with Crippen molar-refractivity contribution in [3.63, 3.8) is 0 Å². The molecule has 3 fully saturated rings. The molecule has 5 atom stereocenters. The lowest BCUT2D eigenvalue weighted by Crippen LogP contribution is -2.38. The van der Waals surface area contributed by atoms with Gasteiger partial charge in [-0.1, -0.05) is 6.58 Å². The van der Waals surface area contributed by atoms with Crippen molar-refractivity contribution in [3.8, 4) is 0 Å². The van der Waals surface area contributed by atoms with Gasteiger partial charge >= 0.3 is 0 Å². The normalized spacial score (nSPS) is 46.6. The van der Waals surface area contributed by atoms with Gasteiger partial charge in [0, 0.05) is 7.11 Å². The third-order valence-corrected chi connectivity index (χ3v) is 3.82. The standard InChI is InChI=1S/C13H20O5/c1-7-5-15-11-9(7)12(14-4)17-10(11)8-6-16-13(2,3)18-8/h8-12H,1,5-6H2,2-4H3/t8-,9+,10-,11-,12-/m1/s1. The van der Waals surface area contributed by atoms with Gasteiger partial charge in [0.2, 0.25) is 0 Å². The topological polar surface area (TPSA) is 46.2 Å². The summed E-state index contributed by atoms with van der Waals surface area (Å²) in [6.07, 6.45) is -0.591. The minimum Gasteiger partial charge on any atom is -0.370 e. The first-order valence-corrected chi connectivity index (χ1v) is 6.31. The second kappa shape index (κ2) is 4.28. The largest absolute Gasteiger partial charge is 0.370 e. The smallest absolute Gasteiger partial charge is 0.166 e. The molecule has 0 N–H and O–H groups in total. The van der Waals surface area contributed by atoms with Crippen molar-refractivity contribution in [2.45, 2.75) is 44.2 Å². The molecular weight excluding hydrogens is 236 g/mol. The molecule has 3 heterocycles. The Kier molecular flexibility index (Phi) is 2.99. The Balaban J connectivity index is 1.76. The van der Waals surface area contributed by atoms with Gasteiger partial charge in [-0.2, -0.15) is 0 Å². The van der Waals surface area contributed by atoms with Crippen molar-refractivity contribution in [1.82, 2.24) is 0 Å². The summed E-state index contributed by atoms with van der Waals surface area (Å²) in [5, 5.41) is 0.